The fraction of sp³-hybridized carbons (Fsp3) is 0.333. The van der Waals surface area contributed by atoms with Crippen molar-refractivity contribution in [2.45, 2.75) is 20.5 Å². The molecule has 1 aliphatic rings. The van der Waals surface area contributed by atoms with Crippen molar-refractivity contribution in [1.82, 2.24) is 0 Å². The lowest BCUT2D eigenvalue weighted by Crippen LogP contribution is -2.05. The number of ether oxygens (including phenoxy) is 5. The highest BCUT2D eigenvalue weighted by molar-refractivity contribution is 5.81. The average molecular weight is 356 g/mol. The van der Waals surface area contributed by atoms with Crippen LogP contribution in [0, 0.1) is 0 Å². The molecular weight excluding hydrogens is 332 g/mol. The Kier molecular flexibility index (Phi) is 5.56. The Morgan fingerprint density at radius 2 is 1.54 bits per heavy atom. The van der Waals surface area contributed by atoms with E-state index in [9.17, 15) is 0 Å². The number of fused-ring (bicyclic) bond motifs is 1. The number of rotatable bonds is 7. The molecule has 0 amide bonds. The van der Waals surface area contributed by atoms with Crippen LogP contribution in [0.15, 0.2) is 30.3 Å². The second kappa shape index (κ2) is 8.04. The van der Waals surface area contributed by atoms with E-state index in [2.05, 4.69) is 0 Å². The first-order chi connectivity index (χ1) is 12.7. The molecule has 0 aliphatic carbocycles. The first-order valence-corrected chi connectivity index (χ1v) is 8.69. The second-order valence-electron chi connectivity index (χ2n) is 5.73. The van der Waals surface area contributed by atoms with Crippen LogP contribution in [0.2, 0.25) is 0 Å². The SMILES string of the molecule is CCOc1ccc(C2=Cc3cc(OC)c(OC)cc3CO2)cc1OCC. The van der Waals surface area contributed by atoms with Gasteiger partial charge in [-0.2, -0.15) is 0 Å². The van der Waals surface area contributed by atoms with Crippen LogP contribution in [-0.2, 0) is 11.3 Å². The third-order valence-corrected chi connectivity index (χ3v) is 4.14. The van der Waals surface area contributed by atoms with E-state index in [1.165, 1.54) is 0 Å². The summed E-state index contributed by atoms with van der Waals surface area (Å²) in [5.74, 6) is 3.64. The van der Waals surface area contributed by atoms with Gasteiger partial charge in [-0.15, -0.1) is 0 Å². The van der Waals surface area contributed by atoms with E-state index in [0.29, 0.717) is 31.3 Å². The monoisotopic (exact) mass is 356 g/mol. The standard InChI is InChI=1S/C21H24O5/c1-5-24-17-8-7-14(9-21(17)25-6-2)18-10-15-11-19(22-3)20(23-4)12-16(15)13-26-18/h7-12H,5-6,13H2,1-4H3. The first kappa shape index (κ1) is 18.0. The Morgan fingerprint density at radius 1 is 0.846 bits per heavy atom. The van der Waals surface area contributed by atoms with Crippen LogP contribution >= 0.6 is 0 Å². The Balaban J connectivity index is 1.98. The van der Waals surface area contributed by atoms with Gasteiger partial charge in [0.25, 0.3) is 0 Å². The van der Waals surface area contributed by atoms with Crippen molar-refractivity contribution in [2.75, 3.05) is 27.4 Å². The topological polar surface area (TPSA) is 46.2 Å². The van der Waals surface area contributed by atoms with E-state index in [-0.39, 0.29) is 0 Å². The molecule has 5 heteroatoms. The van der Waals surface area contributed by atoms with E-state index in [0.717, 1.165) is 33.9 Å². The summed E-state index contributed by atoms with van der Waals surface area (Å²) in [5, 5.41) is 0. The highest BCUT2D eigenvalue weighted by Crippen LogP contribution is 2.38. The molecule has 0 saturated heterocycles. The average Bonchev–Trinajstić information content (AvgIpc) is 2.68. The lowest BCUT2D eigenvalue weighted by molar-refractivity contribution is 0.260. The normalized spacial score (nSPS) is 12.5. The Hall–Kier alpha value is -2.82. The summed E-state index contributed by atoms with van der Waals surface area (Å²) in [6, 6.07) is 9.76. The maximum absolute atomic E-state index is 5.96. The summed E-state index contributed by atoms with van der Waals surface area (Å²) in [5.41, 5.74) is 3.05. The van der Waals surface area contributed by atoms with Gasteiger partial charge in [0.2, 0.25) is 0 Å². The van der Waals surface area contributed by atoms with Crippen LogP contribution in [0.1, 0.15) is 30.5 Å². The lowest BCUT2D eigenvalue weighted by Gasteiger charge is -2.21. The minimum Gasteiger partial charge on any atom is -0.493 e. The van der Waals surface area contributed by atoms with Crippen molar-refractivity contribution in [3.05, 3.63) is 47.0 Å². The third-order valence-electron chi connectivity index (χ3n) is 4.14. The van der Waals surface area contributed by atoms with Crippen LogP contribution in [-0.4, -0.2) is 27.4 Å². The number of hydrogen-bond acceptors (Lipinski definition) is 5. The Labute approximate surface area is 154 Å². The first-order valence-electron chi connectivity index (χ1n) is 8.69. The molecule has 0 fully saturated rings. The molecular formula is C21H24O5. The van der Waals surface area contributed by atoms with Gasteiger partial charge in [-0.25, -0.2) is 0 Å². The molecule has 0 saturated carbocycles. The molecule has 0 unspecified atom stereocenters. The van der Waals surface area contributed by atoms with Crippen LogP contribution in [0.25, 0.3) is 11.8 Å². The highest BCUT2D eigenvalue weighted by Gasteiger charge is 2.18. The van der Waals surface area contributed by atoms with Gasteiger partial charge in [0.1, 0.15) is 12.4 Å². The van der Waals surface area contributed by atoms with Crippen molar-refractivity contribution in [3.63, 3.8) is 0 Å². The van der Waals surface area contributed by atoms with Crippen LogP contribution in [0.3, 0.4) is 0 Å². The molecule has 1 heterocycles. The minimum atomic E-state index is 0.471. The number of hydrogen-bond donors (Lipinski definition) is 0. The Morgan fingerprint density at radius 3 is 2.23 bits per heavy atom. The zero-order valence-corrected chi connectivity index (χ0v) is 15.6. The van der Waals surface area contributed by atoms with Gasteiger partial charge in [0, 0.05) is 11.1 Å². The van der Waals surface area contributed by atoms with Crippen molar-refractivity contribution >= 4 is 11.8 Å². The zero-order chi connectivity index (χ0) is 18.5. The lowest BCUT2D eigenvalue weighted by atomic mass is 10.0. The fourth-order valence-corrected chi connectivity index (χ4v) is 2.91. The fourth-order valence-electron chi connectivity index (χ4n) is 2.91. The highest BCUT2D eigenvalue weighted by atomic mass is 16.5. The van der Waals surface area contributed by atoms with Crippen LogP contribution in [0.4, 0.5) is 0 Å². The Bertz CT molecular complexity index is 810. The van der Waals surface area contributed by atoms with Crippen molar-refractivity contribution in [3.8, 4) is 23.0 Å². The van der Waals surface area contributed by atoms with Crippen LogP contribution in [0.5, 0.6) is 23.0 Å². The second-order valence-corrected chi connectivity index (χ2v) is 5.73. The third kappa shape index (κ3) is 3.57. The van der Waals surface area contributed by atoms with Gasteiger partial charge in [-0.3, -0.25) is 0 Å². The van der Waals surface area contributed by atoms with E-state index in [4.69, 9.17) is 23.7 Å². The van der Waals surface area contributed by atoms with Crippen molar-refractivity contribution in [2.24, 2.45) is 0 Å². The van der Waals surface area contributed by atoms with Gasteiger partial charge in [-0.1, -0.05) is 0 Å². The maximum Gasteiger partial charge on any atom is 0.161 e. The molecule has 3 rings (SSSR count). The summed E-state index contributed by atoms with van der Waals surface area (Å²) >= 11 is 0. The molecule has 0 bridgehead atoms. The number of methoxy groups -OCH3 is 2. The van der Waals surface area contributed by atoms with E-state index in [1.54, 1.807) is 14.2 Å². The molecule has 138 valence electrons. The van der Waals surface area contributed by atoms with Gasteiger partial charge in [0.15, 0.2) is 23.0 Å². The molecule has 0 atom stereocenters. The summed E-state index contributed by atoms with van der Waals surface area (Å²) < 4.78 is 28.1. The van der Waals surface area contributed by atoms with Gasteiger partial charge < -0.3 is 23.7 Å². The molecule has 1 aliphatic heterocycles. The molecule has 0 N–H and O–H groups in total. The molecule has 0 radical (unpaired) electrons. The molecule has 0 aromatic heterocycles. The minimum absolute atomic E-state index is 0.471. The largest absolute Gasteiger partial charge is 0.493 e. The van der Waals surface area contributed by atoms with Crippen molar-refractivity contribution < 1.29 is 23.7 Å². The van der Waals surface area contributed by atoms with E-state index >= 15 is 0 Å². The van der Waals surface area contributed by atoms with E-state index < -0.39 is 0 Å². The summed E-state index contributed by atoms with van der Waals surface area (Å²) in [6.45, 7) is 5.54. The molecule has 0 spiro atoms. The smallest absolute Gasteiger partial charge is 0.161 e. The number of benzene rings is 2. The molecule has 2 aromatic carbocycles. The summed E-state index contributed by atoms with van der Waals surface area (Å²) in [4.78, 5) is 0. The summed E-state index contributed by atoms with van der Waals surface area (Å²) in [6.07, 6.45) is 2.01. The predicted molar refractivity (Wildman–Crippen MR) is 101 cm³/mol. The quantitative estimate of drug-likeness (QED) is 0.729. The van der Waals surface area contributed by atoms with E-state index in [1.807, 2.05) is 50.3 Å². The zero-order valence-electron chi connectivity index (χ0n) is 15.6. The van der Waals surface area contributed by atoms with Gasteiger partial charge in [0.05, 0.1) is 27.4 Å². The molecule has 2 aromatic rings. The van der Waals surface area contributed by atoms with Crippen LogP contribution < -0.4 is 18.9 Å². The van der Waals surface area contributed by atoms with Gasteiger partial charge in [-0.05, 0) is 55.8 Å². The van der Waals surface area contributed by atoms with Gasteiger partial charge >= 0.3 is 0 Å². The molecule has 26 heavy (non-hydrogen) atoms. The maximum atomic E-state index is 5.96. The molecule has 5 nitrogen and oxygen atoms in total. The summed E-state index contributed by atoms with van der Waals surface area (Å²) in [7, 11) is 3.26. The van der Waals surface area contributed by atoms with Crippen molar-refractivity contribution in [1.29, 1.82) is 0 Å². The predicted octanol–water partition coefficient (Wildman–Crippen LogP) is 4.53.